The van der Waals surface area contributed by atoms with E-state index in [0.717, 1.165) is 15.4 Å². The number of Topliss-reactive ketones (excluding diaryl/α,β-unsaturated/α-hetero) is 1. The maximum atomic E-state index is 12.8. The molecule has 0 aliphatic rings. The number of nitrogens with zero attached hydrogens (tertiary/aromatic N) is 5. The van der Waals surface area contributed by atoms with Crippen molar-refractivity contribution in [2.24, 2.45) is 0 Å². The monoisotopic (exact) mass is 389 g/mol. The maximum absolute atomic E-state index is 12.8. The molecule has 1 heterocycles. The Morgan fingerprint density at radius 1 is 1.26 bits per heavy atom. The zero-order valence-electron chi connectivity index (χ0n) is 12.0. The summed E-state index contributed by atoms with van der Waals surface area (Å²) in [6.45, 7) is 0. The fourth-order valence-corrected chi connectivity index (χ4v) is 2.00. The molecule has 0 N–H and O–H groups in total. The number of hydrogen-bond donors (Lipinski definition) is 0. The third-order valence-electron chi connectivity index (χ3n) is 2.67. The molecule has 6 nitrogen and oxygen atoms in total. The van der Waals surface area contributed by atoms with Crippen LogP contribution in [0.1, 0.15) is 5.82 Å². The summed E-state index contributed by atoms with van der Waals surface area (Å²) in [4.78, 5) is 13.0. The van der Waals surface area contributed by atoms with E-state index in [1.807, 2.05) is 0 Å². The van der Waals surface area contributed by atoms with E-state index in [9.17, 15) is 18.0 Å². The predicted molar refractivity (Wildman–Crippen MR) is 79.6 cm³/mol. The smallest absolute Gasteiger partial charge is 0.383 e. The fraction of sp³-hybridized carbons (Fsp3) is 0.231. The minimum absolute atomic E-state index is 0.289. The van der Waals surface area contributed by atoms with Crippen LogP contribution in [0.4, 0.5) is 13.2 Å². The van der Waals surface area contributed by atoms with Gasteiger partial charge in [0.15, 0.2) is 5.82 Å². The summed E-state index contributed by atoms with van der Waals surface area (Å²) in [5.74, 6) is -2.30. The molecule has 1 aromatic carbocycles. The van der Waals surface area contributed by atoms with Crippen LogP contribution in [0, 0.1) is 0 Å². The minimum Gasteiger partial charge on any atom is -0.383 e. The first-order chi connectivity index (χ1) is 10.7. The maximum Gasteiger partial charge on any atom is 0.455 e. The van der Waals surface area contributed by atoms with E-state index < -0.39 is 17.5 Å². The highest BCUT2D eigenvalue weighted by atomic mass is 79.9. The van der Waals surface area contributed by atoms with Crippen molar-refractivity contribution in [1.29, 1.82) is 0 Å². The van der Waals surface area contributed by atoms with Crippen molar-refractivity contribution in [3.05, 3.63) is 40.8 Å². The molecule has 10 heteroatoms. The highest BCUT2D eigenvalue weighted by Crippen LogP contribution is 2.27. The third kappa shape index (κ3) is 3.95. The molecule has 0 fully saturated rings. The Morgan fingerprint density at radius 3 is 2.39 bits per heavy atom. The van der Waals surface area contributed by atoms with Gasteiger partial charge in [-0.15, -0.1) is 5.10 Å². The van der Waals surface area contributed by atoms with Crippen molar-refractivity contribution in [2.45, 2.75) is 6.18 Å². The number of carbonyl (C=O) groups is 1. The summed E-state index contributed by atoms with van der Waals surface area (Å²) in [7, 11) is 2.99. The molecule has 23 heavy (non-hydrogen) atoms. The van der Waals surface area contributed by atoms with Gasteiger partial charge in [0.25, 0.3) is 5.78 Å². The molecule has 0 spiro atoms. The van der Waals surface area contributed by atoms with Crippen molar-refractivity contribution in [3.8, 4) is 5.69 Å². The normalized spacial score (nSPS) is 12.3. The minimum atomic E-state index is -5.03. The van der Waals surface area contributed by atoms with Gasteiger partial charge in [0.05, 0.1) is 11.3 Å². The van der Waals surface area contributed by atoms with E-state index >= 15 is 0 Å². The largest absolute Gasteiger partial charge is 0.455 e. The van der Waals surface area contributed by atoms with Gasteiger partial charge in [-0.3, -0.25) is 4.79 Å². The number of tetrazole rings is 1. The Hall–Kier alpha value is -2.23. The number of allylic oxidation sites excluding steroid dienone is 1. The number of ketones is 1. The van der Waals surface area contributed by atoms with Crippen LogP contribution in [-0.2, 0) is 4.79 Å². The van der Waals surface area contributed by atoms with E-state index in [2.05, 4.69) is 31.5 Å². The van der Waals surface area contributed by atoms with Gasteiger partial charge in [-0.1, -0.05) is 15.9 Å². The van der Waals surface area contributed by atoms with Crippen LogP contribution in [0.2, 0.25) is 0 Å². The van der Waals surface area contributed by atoms with Crippen LogP contribution in [0.3, 0.4) is 0 Å². The lowest BCUT2D eigenvalue weighted by atomic mass is 10.1. The topological polar surface area (TPSA) is 63.9 Å². The van der Waals surface area contributed by atoms with Crippen LogP contribution in [-0.4, -0.2) is 51.2 Å². The second kappa shape index (κ2) is 6.49. The van der Waals surface area contributed by atoms with Gasteiger partial charge < -0.3 is 4.90 Å². The summed E-state index contributed by atoms with van der Waals surface area (Å²) < 4.78 is 40.4. The van der Waals surface area contributed by atoms with Crippen molar-refractivity contribution in [1.82, 2.24) is 25.1 Å². The molecule has 0 saturated heterocycles. The van der Waals surface area contributed by atoms with E-state index in [0.29, 0.717) is 5.69 Å². The molecule has 0 amide bonds. The van der Waals surface area contributed by atoms with Gasteiger partial charge in [0.1, 0.15) is 0 Å². The van der Waals surface area contributed by atoms with Gasteiger partial charge in [-0.05, 0) is 34.7 Å². The summed E-state index contributed by atoms with van der Waals surface area (Å²) in [5, 5.41) is 10.6. The lowest BCUT2D eigenvalue weighted by Crippen LogP contribution is -2.26. The van der Waals surface area contributed by atoms with Gasteiger partial charge in [0, 0.05) is 24.8 Å². The average molecular weight is 390 g/mol. The predicted octanol–water partition coefficient (Wildman–Crippen LogP) is 2.46. The highest BCUT2D eigenvalue weighted by molar-refractivity contribution is 9.10. The SMILES string of the molecule is CN(C)/C=C(\C(=O)C(F)(F)F)c1nnnn1-c1ccc(Br)cc1. The first kappa shape index (κ1) is 17.1. The van der Waals surface area contributed by atoms with Crippen molar-refractivity contribution in [3.63, 3.8) is 0 Å². The van der Waals surface area contributed by atoms with E-state index in [1.54, 1.807) is 24.3 Å². The zero-order valence-corrected chi connectivity index (χ0v) is 13.6. The quantitative estimate of drug-likeness (QED) is 0.751. The van der Waals surface area contributed by atoms with Gasteiger partial charge >= 0.3 is 6.18 Å². The lowest BCUT2D eigenvalue weighted by molar-refractivity contribution is -0.164. The first-order valence-corrected chi connectivity index (χ1v) is 7.04. The van der Waals surface area contributed by atoms with Crippen LogP contribution in [0.25, 0.3) is 11.3 Å². The first-order valence-electron chi connectivity index (χ1n) is 6.24. The van der Waals surface area contributed by atoms with Crippen LogP contribution in [0.15, 0.2) is 34.9 Å². The Labute approximate surface area is 137 Å². The molecule has 0 aliphatic carbocycles. The van der Waals surface area contributed by atoms with Crippen molar-refractivity contribution >= 4 is 27.3 Å². The molecule has 0 bridgehead atoms. The Kier molecular flexibility index (Phi) is 4.83. The molecular formula is C13H11BrF3N5O. The van der Waals surface area contributed by atoms with E-state index in [1.165, 1.54) is 19.0 Å². The molecule has 2 rings (SSSR count). The molecule has 1 aromatic heterocycles. The number of benzene rings is 1. The van der Waals surface area contributed by atoms with E-state index in [-0.39, 0.29) is 5.82 Å². The number of carbonyl (C=O) groups excluding carboxylic acids is 1. The van der Waals surface area contributed by atoms with Gasteiger partial charge in [0.2, 0.25) is 0 Å². The molecule has 0 aliphatic heterocycles. The van der Waals surface area contributed by atoms with Crippen molar-refractivity contribution in [2.75, 3.05) is 14.1 Å². The lowest BCUT2D eigenvalue weighted by Gasteiger charge is -2.13. The average Bonchev–Trinajstić information content (AvgIpc) is 2.92. The number of halogens is 4. The molecule has 122 valence electrons. The fourth-order valence-electron chi connectivity index (χ4n) is 1.74. The van der Waals surface area contributed by atoms with E-state index in [4.69, 9.17) is 0 Å². The second-order valence-electron chi connectivity index (χ2n) is 4.72. The molecule has 0 atom stereocenters. The molecule has 0 radical (unpaired) electrons. The molecule has 2 aromatic rings. The summed E-state index contributed by atoms with van der Waals surface area (Å²) in [5.41, 5.74) is -0.219. The molecule has 0 saturated carbocycles. The second-order valence-corrected chi connectivity index (χ2v) is 5.64. The standard InChI is InChI=1S/C13H11BrF3N5O/c1-21(2)7-10(11(23)13(15,16)17)12-18-19-20-22(12)9-5-3-8(14)4-6-9/h3-7H,1-2H3/b10-7+. The van der Waals surface area contributed by atoms with Crippen LogP contribution >= 0.6 is 15.9 Å². The van der Waals surface area contributed by atoms with Gasteiger partial charge in [-0.2, -0.15) is 17.9 Å². The molecule has 0 unspecified atom stereocenters. The Bertz CT molecular complexity index is 737. The number of hydrogen-bond acceptors (Lipinski definition) is 5. The Morgan fingerprint density at radius 2 is 1.87 bits per heavy atom. The Balaban J connectivity index is 2.56. The van der Waals surface area contributed by atoms with Gasteiger partial charge in [-0.25, -0.2) is 0 Å². The summed E-state index contributed by atoms with van der Waals surface area (Å²) >= 11 is 3.26. The number of aromatic nitrogens is 4. The third-order valence-corrected chi connectivity index (χ3v) is 3.20. The summed E-state index contributed by atoms with van der Waals surface area (Å²) in [6, 6.07) is 6.58. The van der Waals surface area contributed by atoms with Crippen LogP contribution in [0.5, 0.6) is 0 Å². The highest BCUT2D eigenvalue weighted by Gasteiger charge is 2.43. The molecular weight excluding hydrogens is 379 g/mol. The summed E-state index contributed by atoms with van der Waals surface area (Å²) in [6.07, 6.45) is -3.99. The van der Waals surface area contributed by atoms with Crippen molar-refractivity contribution < 1.29 is 18.0 Å². The number of rotatable bonds is 4. The zero-order chi connectivity index (χ0) is 17.2. The van der Waals surface area contributed by atoms with Crippen LogP contribution < -0.4 is 0 Å². The number of alkyl halides is 3.